The van der Waals surface area contributed by atoms with Crippen molar-refractivity contribution in [3.8, 4) is 0 Å². The van der Waals surface area contributed by atoms with E-state index in [1.807, 2.05) is 18.2 Å². The van der Waals surface area contributed by atoms with Crippen LogP contribution in [0.25, 0.3) is 0 Å². The molecule has 0 saturated heterocycles. The van der Waals surface area contributed by atoms with Gasteiger partial charge in [-0.05, 0) is 48.0 Å². The molecule has 0 bridgehead atoms. The highest BCUT2D eigenvalue weighted by Gasteiger charge is 2.27. The lowest BCUT2D eigenvalue weighted by Crippen LogP contribution is -2.31. The summed E-state index contributed by atoms with van der Waals surface area (Å²) in [5, 5.41) is 12.4. The second-order valence-corrected chi connectivity index (χ2v) is 7.66. The summed E-state index contributed by atoms with van der Waals surface area (Å²) in [6, 6.07) is 11.2. The van der Waals surface area contributed by atoms with Gasteiger partial charge in [0.1, 0.15) is 0 Å². The van der Waals surface area contributed by atoms with Crippen molar-refractivity contribution in [3.05, 3.63) is 63.1 Å². The molecular weight excluding hydrogens is 371 g/mol. The van der Waals surface area contributed by atoms with Crippen molar-refractivity contribution in [2.24, 2.45) is 0 Å². The summed E-state index contributed by atoms with van der Waals surface area (Å²) < 4.78 is 0. The molecule has 2 N–H and O–H groups in total. The van der Waals surface area contributed by atoms with Crippen molar-refractivity contribution in [1.82, 2.24) is 4.90 Å². The minimum Gasteiger partial charge on any atom is -0.465 e. The number of nitrogens with one attached hydrogen (secondary N) is 1. The normalized spacial score (nSPS) is 18.3. The van der Waals surface area contributed by atoms with Gasteiger partial charge in [0.05, 0.1) is 0 Å². The Balaban J connectivity index is 0.000000592. The highest BCUT2D eigenvalue weighted by Crippen LogP contribution is 2.38. The van der Waals surface area contributed by atoms with E-state index in [1.165, 1.54) is 19.3 Å². The monoisotopic (exact) mass is 392 g/mol. The minimum atomic E-state index is -1.07. The van der Waals surface area contributed by atoms with Crippen LogP contribution in [0.2, 0.25) is 10.0 Å². The fourth-order valence-electron chi connectivity index (χ4n) is 3.05. The predicted octanol–water partition coefficient (Wildman–Crippen LogP) is 5.83. The number of rotatable bonds is 2. The molecule has 0 aromatic heterocycles. The van der Waals surface area contributed by atoms with Gasteiger partial charge >= 0.3 is 6.09 Å². The fourth-order valence-corrected chi connectivity index (χ4v) is 3.62. The highest BCUT2D eigenvalue weighted by atomic mass is 35.5. The number of benzene rings is 2. The lowest BCUT2D eigenvalue weighted by atomic mass is 9.85. The molecule has 26 heavy (non-hydrogen) atoms. The smallest absolute Gasteiger partial charge is 0.409 e. The van der Waals surface area contributed by atoms with Gasteiger partial charge in [0.2, 0.25) is 0 Å². The van der Waals surface area contributed by atoms with Crippen LogP contribution >= 0.6 is 23.2 Å². The van der Waals surface area contributed by atoms with E-state index in [9.17, 15) is 4.79 Å². The quantitative estimate of drug-likeness (QED) is 0.675. The van der Waals surface area contributed by atoms with Gasteiger partial charge < -0.3 is 10.0 Å². The summed E-state index contributed by atoms with van der Waals surface area (Å²) in [5.41, 5.74) is 3.89. The summed E-state index contributed by atoms with van der Waals surface area (Å²) in [4.78, 5) is 12.9. The molecule has 0 spiro atoms. The second-order valence-electron chi connectivity index (χ2n) is 6.82. The second kappa shape index (κ2) is 8.30. The molecule has 1 fully saturated rings. The van der Waals surface area contributed by atoms with Crippen LogP contribution in [-0.4, -0.2) is 29.7 Å². The van der Waals surface area contributed by atoms with Gasteiger partial charge in [-0.15, -0.1) is 0 Å². The standard InChI is InChI=1S/C17H16Cl2N2O2.C3H6/c1-21-8-14(10-2-4-12(5-3-10)20-17(22)23)13-6-11(18)7-16(19)15(13)9-21;1-2-3-1/h2-7,14,20H,8-9H2,1H3,(H,22,23);1-3H2. The number of likely N-dealkylation sites (N-methyl/N-ethyl adjacent to an activating group) is 1. The Bertz CT molecular complexity index is 788. The van der Waals surface area contributed by atoms with Crippen LogP contribution in [0.4, 0.5) is 10.5 Å². The molecule has 1 heterocycles. The zero-order chi connectivity index (χ0) is 18.7. The molecule has 138 valence electrons. The zero-order valence-electron chi connectivity index (χ0n) is 14.6. The Morgan fingerprint density at radius 3 is 2.38 bits per heavy atom. The van der Waals surface area contributed by atoms with Gasteiger partial charge in [-0.3, -0.25) is 5.32 Å². The van der Waals surface area contributed by atoms with E-state index < -0.39 is 6.09 Å². The molecule has 2 aromatic carbocycles. The Morgan fingerprint density at radius 2 is 1.81 bits per heavy atom. The van der Waals surface area contributed by atoms with Crippen molar-refractivity contribution in [3.63, 3.8) is 0 Å². The zero-order valence-corrected chi connectivity index (χ0v) is 16.1. The first-order chi connectivity index (χ1) is 12.4. The summed E-state index contributed by atoms with van der Waals surface area (Å²) in [7, 11) is 2.06. The molecule has 1 unspecified atom stereocenters. The first-order valence-corrected chi connectivity index (χ1v) is 9.46. The first-order valence-electron chi connectivity index (χ1n) is 8.70. The summed E-state index contributed by atoms with van der Waals surface area (Å²) in [6.07, 6.45) is 3.43. The number of amides is 1. The van der Waals surface area contributed by atoms with Gasteiger partial charge in [0.15, 0.2) is 0 Å². The maximum absolute atomic E-state index is 10.7. The Kier molecular flexibility index (Phi) is 6.07. The summed E-state index contributed by atoms with van der Waals surface area (Å²) in [6.45, 7) is 1.65. The number of anilines is 1. The largest absolute Gasteiger partial charge is 0.465 e. The molecule has 1 atom stereocenters. The van der Waals surface area contributed by atoms with Crippen molar-refractivity contribution in [1.29, 1.82) is 0 Å². The number of hydrogen-bond donors (Lipinski definition) is 2. The Hall–Kier alpha value is -1.75. The van der Waals surface area contributed by atoms with Crippen LogP contribution in [0.5, 0.6) is 0 Å². The van der Waals surface area contributed by atoms with Crippen molar-refractivity contribution in [2.45, 2.75) is 31.7 Å². The highest BCUT2D eigenvalue weighted by molar-refractivity contribution is 6.35. The van der Waals surface area contributed by atoms with Gasteiger partial charge in [-0.25, -0.2) is 4.79 Å². The topological polar surface area (TPSA) is 52.6 Å². The van der Waals surface area contributed by atoms with Crippen molar-refractivity contribution in [2.75, 3.05) is 18.9 Å². The predicted molar refractivity (Wildman–Crippen MR) is 107 cm³/mol. The number of fused-ring (bicyclic) bond motifs is 1. The van der Waals surface area contributed by atoms with Gasteiger partial charge in [-0.2, -0.15) is 0 Å². The van der Waals surface area contributed by atoms with Crippen LogP contribution in [0.15, 0.2) is 36.4 Å². The maximum Gasteiger partial charge on any atom is 0.409 e. The van der Waals surface area contributed by atoms with Crippen LogP contribution in [-0.2, 0) is 6.54 Å². The molecule has 1 saturated carbocycles. The maximum atomic E-state index is 10.7. The summed E-state index contributed by atoms with van der Waals surface area (Å²) >= 11 is 12.5. The number of hydrogen-bond acceptors (Lipinski definition) is 2. The van der Waals surface area contributed by atoms with Gasteiger partial charge in [-0.1, -0.05) is 54.6 Å². The molecule has 1 amide bonds. The van der Waals surface area contributed by atoms with Gasteiger partial charge in [0, 0.05) is 34.7 Å². The lowest BCUT2D eigenvalue weighted by molar-refractivity contribution is 0.210. The minimum absolute atomic E-state index is 0.152. The van der Waals surface area contributed by atoms with Crippen LogP contribution in [0, 0.1) is 0 Å². The van der Waals surface area contributed by atoms with Crippen LogP contribution in [0.3, 0.4) is 0 Å². The molecular formula is C20H22Cl2N2O2. The lowest BCUT2D eigenvalue weighted by Gasteiger charge is -2.33. The van der Waals surface area contributed by atoms with Crippen LogP contribution in [0.1, 0.15) is 41.9 Å². The molecule has 1 aliphatic carbocycles. The number of halogens is 2. The Morgan fingerprint density at radius 1 is 1.15 bits per heavy atom. The van der Waals surface area contributed by atoms with E-state index in [2.05, 4.69) is 17.3 Å². The molecule has 1 aliphatic heterocycles. The molecule has 2 aliphatic rings. The average Bonchev–Trinajstić information content (AvgIpc) is 3.44. The van der Waals surface area contributed by atoms with E-state index in [4.69, 9.17) is 28.3 Å². The average molecular weight is 393 g/mol. The molecule has 4 rings (SSSR count). The van der Waals surface area contributed by atoms with E-state index >= 15 is 0 Å². The van der Waals surface area contributed by atoms with E-state index in [0.29, 0.717) is 15.7 Å². The third-order valence-corrected chi connectivity index (χ3v) is 4.97. The fraction of sp³-hybridized carbons (Fsp3) is 0.350. The molecule has 2 aromatic rings. The number of carbonyl (C=O) groups is 1. The van der Waals surface area contributed by atoms with Crippen LogP contribution < -0.4 is 5.32 Å². The van der Waals surface area contributed by atoms with Crippen molar-refractivity contribution >= 4 is 35.0 Å². The molecule has 4 nitrogen and oxygen atoms in total. The first kappa shape index (κ1) is 19.0. The third kappa shape index (κ3) is 4.91. The van der Waals surface area contributed by atoms with E-state index in [1.54, 1.807) is 18.2 Å². The van der Waals surface area contributed by atoms with Crippen molar-refractivity contribution < 1.29 is 9.90 Å². The van der Waals surface area contributed by atoms with E-state index in [-0.39, 0.29) is 5.92 Å². The molecule has 0 radical (unpaired) electrons. The van der Waals surface area contributed by atoms with E-state index in [0.717, 1.165) is 29.8 Å². The molecule has 6 heteroatoms. The van der Waals surface area contributed by atoms with Gasteiger partial charge in [0.25, 0.3) is 0 Å². The third-order valence-electron chi connectivity index (χ3n) is 4.41. The SMILES string of the molecule is C1CC1.CN1Cc2c(Cl)cc(Cl)cc2C(c2ccc(NC(=O)O)cc2)C1. The Labute approximate surface area is 163 Å². The number of carboxylic acid groups (broad SMARTS) is 1. The number of nitrogens with zero attached hydrogens (tertiary/aromatic N) is 1. The summed E-state index contributed by atoms with van der Waals surface area (Å²) in [5.74, 6) is 0.152.